The number of hydrogen-bond donors (Lipinski definition) is 2. The maximum atomic E-state index is 6.15. The van der Waals surface area contributed by atoms with Crippen molar-refractivity contribution in [3.05, 3.63) is 52.1 Å². The maximum absolute atomic E-state index is 6.15. The fourth-order valence-electron chi connectivity index (χ4n) is 1.83. The van der Waals surface area contributed by atoms with Crippen LogP contribution in [0.1, 0.15) is 5.56 Å². The lowest BCUT2D eigenvalue weighted by Gasteiger charge is -2.11. The van der Waals surface area contributed by atoms with Crippen molar-refractivity contribution >= 4 is 58.0 Å². The molecule has 2 rings (SSSR count). The second kappa shape index (κ2) is 9.93. The van der Waals surface area contributed by atoms with Gasteiger partial charge >= 0.3 is 0 Å². The van der Waals surface area contributed by atoms with Gasteiger partial charge in [0.05, 0.1) is 19.0 Å². The Bertz CT molecular complexity index is 663. The Morgan fingerprint density at radius 1 is 1.25 bits per heavy atom. The number of ether oxygens (including phenoxy) is 1. The predicted octanol–water partition coefficient (Wildman–Crippen LogP) is 4.62. The van der Waals surface area contributed by atoms with Gasteiger partial charge in [0.2, 0.25) is 5.88 Å². The minimum Gasteiger partial charge on any atom is -0.481 e. The number of nitrogens with one attached hydrogen (secondary N) is 2. The van der Waals surface area contributed by atoms with Crippen LogP contribution in [-0.4, -0.2) is 29.5 Å². The highest BCUT2D eigenvalue weighted by Crippen LogP contribution is 2.27. The first-order valence-corrected chi connectivity index (χ1v) is 9.47. The van der Waals surface area contributed by atoms with Crippen LogP contribution in [0.25, 0.3) is 0 Å². The number of halogens is 2. The lowest BCUT2D eigenvalue weighted by Crippen LogP contribution is -2.30. The molecule has 24 heavy (non-hydrogen) atoms. The van der Waals surface area contributed by atoms with E-state index in [0.29, 0.717) is 21.0 Å². The number of methoxy groups -OCH3 is 1. The molecule has 128 valence electrons. The molecule has 0 spiro atoms. The molecule has 1 aromatic heterocycles. The van der Waals surface area contributed by atoms with Gasteiger partial charge in [0, 0.05) is 34.2 Å². The van der Waals surface area contributed by atoms with E-state index in [1.165, 1.54) is 0 Å². The number of thiocarbonyl (C=S) groups is 1. The molecule has 0 saturated heterocycles. The van der Waals surface area contributed by atoms with Gasteiger partial charge in [-0.15, -0.1) is 0 Å². The van der Waals surface area contributed by atoms with Gasteiger partial charge in [-0.1, -0.05) is 29.3 Å². The molecule has 4 nitrogen and oxygen atoms in total. The largest absolute Gasteiger partial charge is 0.481 e. The van der Waals surface area contributed by atoms with Crippen molar-refractivity contribution in [1.29, 1.82) is 0 Å². The van der Waals surface area contributed by atoms with E-state index >= 15 is 0 Å². The van der Waals surface area contributed by atoms with E-state index in [0.717, 1.165) is 29.3 Å². The number of benzene rings is 1. The summed E-state index contributed by atoms with van der Waals surface area (Å²) in [6.45, 7) is 0.738. The maximum Gasteiger partial charge on any atom is 0.213 e. The van der Waals surface area contributed by atoms with Gasteiger partial charge in [-0.05, 0) is 36.0 Å². The lowest BCUT2D eigenvalue weighted by atomic mass is 10.2. The van der Waals surface area contributed by atoms with Crippen LogP contribution in [0.15, 0.2) is 36.5 Å². The van der Waals surface area contributed by atoms with E-state index < -0.39 is 0 Å². The SMILES string of the molecule is COc1ccc(NC(=S)NCCSCc2c(Cl)cccc2Cl)cn1. The molecule has 0 unspecified atom stereocenters. The summed E-state index contributed by atoms with van der Waals surface area (Å²) in [5, 5.41) is 8.18. The van der Waals surface area contributed by atoms with Crippen molar-refractivity contribution in [2.75, 3.05) is 24.7 Å². The molecule has 0 aliphatic heterocycles. The Morgan fingerprint density at radius 2 is 2.00 bits per heavy atom. The zero-order valence-corrected chi connectivity index (χ0v) is 16.2. The number of hydrogen-bond acceptors (Lipinski definition) is 4. The van der Waals surface area contributed by atoms with Gasteiger partial charge in [0.1, 0.15) is 0 Å². The second-order valence-electron chi connectivity index (χ2n) is 4.72. The first kappa shape index (κ1) is 19.1. The summed E-state index contributed by atoms with van der Waals surface area (Å²) in [7, 11) is 1.58. The van der Waals surface area contributed by atoms with Crippen LogP contribution in [0, 0.1) is 0 Å². The molecule has 0 atom stereocenters. The number of rotatable bonds is 7. The third-order valence-corrected chi connectivity index (χ3v) is 4.98. The number of aromatic nitrogens is 1. The molecule has 0 saturated carbocycles. The Balaban J connectivity index is 1.67. The van der Waals surface area contributed by atoms with Crippen molar-refractivity contribution < 1.29 is 4.74 Å². The molecule has 0 fully saturated rings. The van der Waals surface area contributed by atoms with Crippen LogP contribution in [0.4, 0.5) is 5.69 Å². The Hall–Kier alpha value is -1.21. The van der Waals surface area contributed by atoms with Crippen molar-refractivity contribution in [1.82, 2.24) is 10.3 Å². The zero-order chi connectivity index (χ0) is 17.4. The quantitative estimate of drug-likeness (QED) is 0.521. The van der Waals surface area contributed by atoms with Crippen LogP contribution >= 0.6 is 47.2 Å². The van der Waals surface area contributed by atoms with Crippen molar-refractivity contribution in [2.24, 2.45) is 0 Å². The summed E-state index contributed by atoms with van der Waals surface area (Å²) < 4.78 is 5.01. The number of pyridine rings is 1. The first-order chi connectivity index (χ1) is 11.6. The van der Waals surface area contributed by atoms with Gasteiger partial charge in [-0.25, -0.2) is 4.98 Å². The average Bonchev–Trinajstić information content (AvgIpc) is 2.57. The Kier molecular flexibility index (Phi) is 7.91. The van der Waals surface area contributed by atoms with Gasteiger partial charge in [-0.3, -0.25) is 0 Å². The van der Waals surface area contributed by atoms with Gasteiger partial charge in [-0.2, -0.15) is 11.8 Å². The highest BCUT2D eigenvalue weighted by Gasteiger charge is 2.05. The monoisotopic (exact) mass is 401 g/mol. The molecule has 0 radical (unpaired) electrons. The van der Waals surface area contributed by atoms with E-state index in [1.54, 1.807) is 31.1 Å². The highest BCUT2D eigenvalue weighted by molar-refractivity contribution is 7.98. The van der Waals surface area contributed by atoms with Crippen LogP contribution in [0.3, 0.4) is 0 Å². The van der Waals surface area contributed by atoms with Gasteiger partial charge in [0.15, 0.2) is 5.11 Å². The fourth-order valence-corrected chi connectivity index (χ4v) is 3.65. The molecule has 1 heterocycles. The van der Waals surface area contributed by atoms with Crippen LogP contribution in [0.2, 0.25) is 10.0 Å². The molecule has 2 N–H and O–H groups in total. The van der Waals surface area contributed by atoms with E-state index in [2.05, 4.69) is 15.6 Å². The van der Waals surface area contributed by atoms with E-state index in [9.17, 15) is 0 Å². The van der Waals surface area contributed by atoms with Crippen LogP contribution < -0.4 is 15.4 Å². The molecule has 2 aromatic rings. The summed E-state index contributed by atoms with van der Waals surface area (Å²) in [5.41, 5.74) is 1.78. The standard InChI is InChI=1S/C16H17Cl2N3OS2/c1-22-15-6-5-11(9-20-15)21-16(23)19-7-8-24-10-12-13(17)3-2-4-14(12)18/h2-6,9H,7-8,10H2,1H3,(H2,19,21,23). The first-order valence-electron chi connectivity index (χ1n) is 7.15. The predicted molar refractivity (Wildman–Crippen MR) is 108 cm³/mol. The van der Waals surface area contributed by atoms with Crippen molar-refractivity contribution in [2.45, 2.75) is 5.75 Å². The van der Waals surface area contributed by atoms with E-state index in [1.807, 2.05) is 24.3 Å². The minimum absolute atomic E-state index is 0.554. The molecule has 1 aromatic carbocycles. The van der Waals surface area contributed by atoms with Gasteiger partial charge < -0.3 is 15.4 Å². The third-order valence-electron chi connectivity index (χ3n) is 3.04. The second-order valence-corrected chi connectivity index (χ2v) is 7.05. The van der Waals surface area contributed by atoms with Gasteiger partial charge in [0.25, 0.3) is 0 Å². The number of anilines is 1. The molecule has 0 aliphatic rings. The zero-order valence-electron chi connectivity index (χ0n) is 13.0. The Morgan fingerprint density at radius 3 is 2.62 bits per heavy atom. The van der Waals surface area contributed by atoms with Crippen LogP contribution in [-0.2, 0) is 5.75 Å². The lowest BCUT2D eigenvalue weighted by molar-refractivity contribution is 0.398. The Labute approximate surface area is 161 Å². The van der Waals surface area contributed by atoms with Crippen molar-refractivity contribution in [3.8, 4) is 5.88 Å². The molecule has 0 aliphatic carbocycles. The smallest absolute Gasteiger partial charge is 0.213 e. The number of thioether (sulfide) groups is 1. The molecular formula is C16H17Cl2N3OS2. The molecule has 8 heteroatoms. The summed E-state index contributed by atoms with van der Waals surface area (Å²) in [6.07, 6.45) is 1.67. The third kappa shape index (κ3) is 6.02. The molecular weight excluding hydrogens is 385 g/mol. The van der Waals surface area contributed by atoms with Crippen molar-refractivity contribution in [3.63, 3.8) is 0 Å². The highest BCUT2D eigenvalue weighted by atomic mass is 35.5. The topological polar surface area (TPSA) is 46.2 Å². The van der Waals surface area contributed by atoms with E-state index in [4.69, 9.17) is 40.2 Å². The normalized spacial score (nSPS) is 10.3. The summed E-state index contributed by atoms with van der Waals surface area (Å²) in [5.74, 6) is 2.21. The number of nitrogens with zero attached hydrogens (tertiary/aromatic N) is 1. The molecule has 0 bridgehead atoms. The van der Waals surface area contributed by atoms with Crippen LogP contribution in [0.5, 0.6) is 5.88 Å². The summed E-state index contributed by atoms with van der Waals surface area (Å²) in [6, 6.07) is 9.17. The minimum atomic E-state index is 0.554. The fraction of sp³-hybridized carbons (Fsp3) is 0.250. The summed E-state index contributed by atoms with van der Waals surface area (Å²) in [4.78, 5) is 4.11. The molecule has 0 amide bonds. The summed E-state index contributed by atoms with van der Waals surface area (Å²) >= 11 is 19.3. The van der Waals surface area contributed by atoms with E-state index in [-0.39, 0.29) is 0 Å². The average molecular weight is 402 g/mol.